The molecule has 1 aromatic rings. The fourth-order valence-electron chi connectivity index (χ4n) is 1.12. The molecule has 0 amide bonds. The number of hydrogen-bond acceptors (Lipinski definition) is 1. The second-order valence-corrected chi connectivity index (χ2v) is 3.45. The van der Waals surface area contributed by atoms with Crippen molar-refractivity contribution in [1.29, 1.82) is 0 Å². The first kappa shape index (κ1) is 9.75. The summed E-state index contributed by atoms with van der Waals surface area (Å²) >= 11 is 3.32. The van der Waals surface area contributed by atoms with Gasteiger partial charge in [0.1, 0.15) is 0 Å². The van der Waals surface area contributed by atoms with Gasteiger partial charge in [0.15, 0.2) is 0 Å². The number of halogens is 1. The number of aliphatic hydroxyl groups is 1. The fourth-order valence-corrected chi connectivity index (χ4v) is 1.84. The van der Waals surface area contributed by atoms with Gasteiger partial charge >= 0.3 is 0 Å². The average molecular weight is 229 g/mol. The minimum absolute atomic E-state index is 0.584. The maximum absolute atomic E-state index is 10.1. The van der Waals surface area contributed by atoms with Gasteiger partial charge in [-0.2, -0.15) is 0 Å². The molecule has 12 heavy (non-hydrogen) atoms. The lowest BCUT2D eigenvalue weighted by atomic mass is 9.94. The first-order valence-corrected chi connectivity index (χ1v) is 5.19. The number of hydrogen-bond donors (Lipinski definition) is 1. The van der Waals surface area contributed by atoms with Gasteiger partial charge < -0.3 is 5.11 Å². The lowest BCUT2D eigenvalue weighted by Gasteiger charge is -2.24. The van der Waals surface area contributed by atoms with Crippen LogP contribution in [0.1, 0.15) is 18.9 Å². The summed E-state index contributed by atoms with van der Waals surface area (Å²) in [5, 5.41) is 10.6. The van der Waals surface area contributed by atoms with Crippen LogP contribution in [0.5, 0.6) is 0 Å². The second kappa shape index (κ2) is 4.06. The summed E-state index contributed by atoms with van der Waals surface area (Å²) in [5.41, 5.74) is 0.269. The molecule has 66 valence electrons. The third-order valence-electron chi connectivity index (χ3n) is 2.12. The number of rotatable bonds is 3. The van der Waals surface area contributed by atoms with Crippen LogP contribution in [0, 0.1) is 0 Å². The summed E-state index contributed by atoms with van der Waals surface area (Å²) in [6, 6.07) is 9.74. The highest BCUT2D eigenvalue weighted by molar-refractivity contribution is 9.09. The molecule has 0 saturated heterocycles. The molecule has 0 spiro atoms. The predicted octanol–water partition coefficient (Wildman–Crippen LogP) is 2.68. The Labute approximate surface area is 81.6 Å². The Kier molecular flexibility index (Phi) is 3.29. The highest BCUT2D eigenvalue weighted by Gasteiger charge is 2.24. The van der Waals surface area contributed by atoms with E-state index in [1.54, 1.807) is 0 Å². The van der Waals surface area contributed by atoms with Gasteiger partial charge in [-0.3, -0.25) is 0 Å². The molecular weight excluding hydrogens is 216 g/mol. The first-order valence-electron chi connectivity index (χ1n) is 4.07. The van der Waals surface area contributed by atoms with Crippen LogP contribution in [0.3, 0.4) is 0 Å². The molecule has 0 aliphatic carbocycles. The SMILES string of the molecule is CCC(O)(CBr)c1ccccc1. The molecule has 0 fully saturated rings. The predicted molar refractivity (Wildman–Crippen MR) is 54.4 cm³/mol. The monoisotopic (exact) mass is 228 g/mol. The van der Waals surface area contributed by atoms with Crippen LogP contribution in [0.2, 0.25) is 0 Å². The van der Waals surface area contributed by atoms with Crippen LogP contribution in [0.15, 0.2) is 30.3 Å². The molecule has 1 atom stereocenters. The molecule has 0 aromatic heterocycles. The van der Waals surface area contributed by atoms with Gasteiger partial charge in [0.2, 0.25) is 0 Å². The van der Waals surface area contributed by atoms with Crippen LogP contribution < -0.4 is 0 Å². The maximum Gasteiger partial charge on any atom is 0.0990 e. The highest BCUT2D eigenvalue weighted by Crippen LogP contribution is 2.26. The highest BCUT2D eigenvalue weighted by atomic mass is 79.9. The van der Waals surface area contributed by atoms with E-state index in [-0.39, 0.29) is 0 Å². The molecule has 2 heteroatoms. The molecule has 0 radical (unpaired) electrons. The van der Waals surface area contributed by atoms with Gasteiger partial charge in [0.05, 0.1) is 5.60 Å². The zero-order valence-electron chi connectivity index (χ0n) is 7.13. The van der Waals surface area contributed by atoms with Crippen LogP contribution in [0.4, 0.5) is 0 Å². The summed E-state index contributed by atoms with van der Waals surface area (Å²) in [7, 11) is 0. The Hall–Kier alpha value is -0.340. The van der Waals surface area contributed by atoms with Gasteiger partial charge in [0.25, 0.3) is 0 Å². The van der Waals surface area contributed by atoms with Crippen LogP contribution >= 0.6 is 15.9 Å². The Balaban J connectivity index is 2.95. The van der Waals surface area contributed by atoms with Gasteiger partial charge in [-0.05, 0) is 12.0 Å². The molecule has 1 aromatic carbocycles. The van der Waals surface area contributed by atoms with E-state index in [1.807, 2.05) is 37.3 Å². The van der Waals surface area contributed by atoms with E-state index in [0.717, 1.165) is 12.0 Å². The van der Waals surface area contributed by atoms with Crippen LogP contribution in [-0.4, -0.2) is 10.4 Å². The van der Waals surface area contributed by atoms with Crippen molar-refractivity contribution in [3.63, 3.8) is 0 Å². The van der Waals surface area contributed by atoms with Crippen molar-refractivity contribution >= 4 is 15.9 Å². The summed E-state index contributed by atoms with van der Waals surface area (Å²) < 4.78 is 0. The lowest BCUT2D eigenvalue weighted by molar-refractivity contribution is 0.0597. The summed E-state index contributed by atoms with van der Waals surface area (Å²) in [4.78, 5) is 0. The van der Waals surface area contributed by atoms with Crippen molar-refractivity contribution < 1.29 is 5.11 Å². The van der Waals surface area contributed by atoms with Crippen molar-refractivity contribution in [2.45, 2.75) is 18.9 Å². The molecule has 0 heterocycles. The van der Waals surface area contributed by atoms with E-state index >= 15 is 0 Å². The molecule has 0 bridgehead atoms. The normalized spacial score (nSPS) is 15.6. The smallest absolute Gasteiger partial charge is 0.0990 e. The molecular formula is C10H13BrO. The standard InChI is InChI=1S/C10H13BrO/c1-2-10(12,8-11)9-6-4-3-5-7-9/h3-7,12H,2,8H2,1H3. The quantitative estimate of drug-likeness (QED) is 0.790. The van der Waals surface area contributed by atoms with Gasteiger partial charge in [-0.1, -0.05) is 53.2 Å². The molecule has 1 N–H and O–H groups in total. The van der Waals surface area contributed by atoms with Gasteiger partial charge in [-0.25, -0.2) is 0 Å². The zero-order chi connectivity index (χ0) is 9.03. The summed E-state index contributed by atoms with van der Waals surface area (Å²) in [6.45, 7) is 1.98. The Bertz CT molecular complexity index is 229. The topological polar surface area (TPSA) is 20.2 Å². The van der Waals surface area contributed by atoms with E-state index in [2.05, 4.69) is 15.9 Å². The minimum atomic E-state index is -0.707. The molecule has 1 nitrogen and oxygen atoms in total. The Morgan fingerprint density at radius 1 is 1.33 bits per heavy atom. The average Bonchev–Trinajstić information content (AvgIpc) is 2.18. The van der Waals surface area contributed by atoms with Crippen LogP contribution in [0.25, 0.3) is 0 Å². The first-order chi connectivity index (χ1) is 5.73. The van der Waals surface area contributed by atoms with Crippen molar-refractivity contribution in [1.82, 2.24) is 0 Å². The van der Waals surface area contributed by atoms with E-state index in [0.29, 0.717) is 5.33 Å². The van der Waals surface area contributed by atoms with E-state index in [1.165, 1.54) is 0 Å². The third-order valence-corrected chi connectivity index (χ3v) is 3.04. The van der Waals surface area contributed by atoms with Gasteiger partial charge in [0, 0.05) is 5.33 Å². The fraction of sp³-hybridized carbons (Fsp3) is 0.400. The Morgan fingerprint density at radius 2 is 1.92 bits per heavy atom. The van der Waals surface area contributed by atoms with E-state index < -0.39 is 5.60 Å². The van der Waals surface area contributed by atoms with Crippen molar-refractivity contribution in [2.75, 3.05) is 5.33 Å². The summed E-state index contributed by atoms with van der Waals surface area (Å²) in [5.74, 6) is 0. The van der Waals surface area contributed by atoms with Crippen molar-refractivity contribution in [2.24, 2.45) is 0 Å². The molecule has 0 aliphatic rings. The Morgan fingerprint density at radius 3 is 2.33 bits per heavy atom. The van der Waals surface area contributed by atoms with E-state index in [4.69, 9.17) is 0 Å². The van der Waals surface area contributed by atoms with Crippen molar-refractivity contribution in [3.8, 4) is 0 Å². The van der Waals surface area contributed by atoms with E-state index in [9.17, 15) is 5.11 Å². The zero-order valence-corrected chi connectivity index (χ0v) is 8.71. The summed E-state index contributed by atoms with van der Waals surface area (Å²) in [6.07, 6.45) is 0.724. The molecule has 0 saturated carbocycles. The van der Waals surface area contributed by atoms with Crippen LogP contribution in [-0.2, 0) is 5.60 Å². The third kappa shape index (κ3) is 1.87. The minimum Gasteiger partial charge on any atom is -0.384 e. The second-order valence-electron chi connectivity index (χ2n) is 2.88. The molecule has 1 unspecified atom stereocenters. The lowest BCUT2D eigenvalue weighted by Crippen LogP contribution is -2.26. The number of alkyl halides is 1. The van der Waals surface area contributed by atoms with Gasteiger partial charge in [-0.15, -0.1) is 0 Å². The van der Waals surface area contributed by atoms with Crippen molar-refractivity contribution in [3.05, 3.63) is 35.9 Å². The maximum atomic E-state index is 10.1. The largest absolute Gasteiger partial charge is 0.384 e. The molecule has 0 aliphatic heterocycles. The number of benzene rings is 1. The molecule has 1 rings (SSSR count).